The largest absolute Gasteiger partial charge is 0.494 e. The van der Waals surface area contributed by atoms with Gasteiger partial charge in [-0.3, -0.25) is 10.1 Å². The summed E-state index contributed by atoms with van der Waals surface area (Å²) < 4.78 is 27.9. The highest BCUT2D eigenvalue weighted by Crippen LogP contribution is 2.40. The van der Waals surface area contributed by atoms with Gasteiger partial charge in [0.05, 0.1) is 55.0 Å². The molecule has 2 atom stereocenters. The molecule has 11 nitrogen and oxygen atoms in total. The van der Waals surface area contributed by atoms with E-state index in [1.165, 1.54) is 25.3 Å². The fourth-order valence-electron chi connectivity index (χ4n) is 5.29. The molecule has 0 amide bonds. The summed E-state index contributed by atoms with van der Waals surface area (Å²) in [6.45, 7) is 8.46. The molecule has 2 aliphatic heterocycles. The van der Waals surface area contributed by atoms with Crippen LogP contribution in [0.5, 0.6) is 5.75 Å². The lowest BCUT2D eigenvalue weighted by Crippen LogP contribution is -2.32. The van der Waals surface area contributed by atoms with Crippen LogP contribution in [0.4, 0.5) is 5.69 Å². The quantitative estimate of drug-likeness (QED) is 0.153. The van der Waals surface area contributed by atoms with E-state index in [9.17, 15) is 19.7 Å². The number of carbonyl (C=O) groups excluding carboxylic acids is 2. The smallest absolute Gasteiger partial charge is 0.336 e. The molecule has 1 N–H and O–H groups in total. The first-order valence-corrected chi connectivity index (χ1v) is 14.2. The third-order valence-corrected chi connectivity index (χ3v) is 7.35. The average Bonchev–Trinajstić information content (AvgIpc) is 3.33. The highest BCUT2D eigenvalue weighted by Gasteiger charge is 2.38. The molecule has 2 aromatic carbocycles. The minimum Gasteiger partial charge on any atom is -0.494 e. The highest BCUT2D eigenvalue weighted by molar-refractivity contribution is 5.99. The molecule has 0 saturated carbocycles. The minimum absolute atomic E-state index is 0.0845. The number of ether oxygens (including phenoxy) is 5. The van der Waals surface area contributed by atoms with Gasteiger partial charge in [-0.1, -0.05) is 24.3 Å². The number of dihydropyridines is 1. The van der Waals surface area contributed by atoms with Crippen molar-refractivity contribution in [1.29, 1.82) is 0 Å². The molecule has 4 rings (SSSR count). The van der Waals surface area contributed by atoms with Crippen molar-refractivity contribution < 1.29 is 38.2 Å². The van der Waals surface area contributed by atoms with Gasteiger partial charge in [-0.2, -0.15) is 0 Å². The van der Waals surface area contributed by atoms with E-state index in [1.54, 1.807) is 19.9 Å². The zero-order valence-electron chi connectivity index (χ0n) is 25.1. The van der Waals surface area contributed by atoms with Crippen LogP contribution < -0.4 is 10.1 Å². The second-order valence-electron chi connectivity index (χ2n) is 11.0. The van der Waals surface area contributed by atoms with Gasteiger partial charge in [-0.15, -0.1) is 0 Å². The van der Waals surface area contributed by atoms with E-state index in [0.717, 1.165) is 24.2 Å². The highest BCUT2D eigenvalue weighted by atomic mass is 16.7. The van der Waals surface area contributed by atoms with E-state index in [4.69, 9.17) is 23.7 Å². The van der Waals surface area contributed by atoms with Crippen molar-refractivity contribution in [2.75, 3.05) is 26.9 Å². The van der Waals surface area contributed by atoms with Crippen molar-refractivity contribution in [3.63, 3.8) is 0 Å². The summed E-state index contributed by atoms with van der Waals surface area (Å²) in [7, 11) is 1.24. The number of allylic oxidation sites excluding steroid dienone is 2. The topological polar surface area (TPSA) is 135 Å². The minimum atomic E-state index is -0.906. The number of non-ortho nitro benzene ring substituents is 1. The summed E-state index contributed by atoms with van der Waals surface area (Å²) in [5.74, 6) is -1.96. The Kier molecular flexibility index (Phi) is 10.2. The number of nitro groups is 1. The zero-order valence-corrected chi connectivity index (χ0v) is 25.1. The Morgan fingerprint density at radius 2 is 1.74 bits per heavy atom. The number of esters is 2. The Labute approximate surface area is 250 Å². The number of nitro benzene ring substituents is 1. The summed E-state index contributed by atoms with van der Waals surface area (Å²) in [6.07, 6.45) is 2.24. The van der Waals surface area contributed by atoms with Crippen molar-refractivity contribution in [3.05, 3.63) is 92.3 Å². The fourth-order valence-corrected chi connectivity index (χ4v) is 5.29. The first-order valence-electron chi connectivity index (χ1n) is 14.2. The first kappa shape index (κ1) is 31.7. The van der Waals surface area contributed by atoms with Crippen LogP contribution in [0.25, 0.3) is 0 Å². The van der Waals surface area contributed by atoms with Crippen LogP contribution in [0.15, 0.2) is 71.1 Å². The summed E-state index contributed by atoms with van der Waals surface area (Å²) in [5, 5.41) is 14.5. The van der Waals surface area contributed by atoms with Crippen LogP contribution in [0.3, 0.4) is 0 Å². The van der Waals surface area contributed by atoms with Gasteiger partial charge in [0.1, 0.15) is 5.75 Å². The number of rotatable bonds is 12. The van der Waals surface area contributed by atoms with Gasteiger partial charge < -0.3 is 29.0 Å². The third kappa shape index (κ3) is 7.99. The number of nitrogens with one attached hydrogen (secondary N) is 1. The predicted octanol–water partition coefficient (Wildman–Crippen LogP) is 5.10. The monoisotopic (exact) mass is 594 g/mol. The number of hydrogen-bond donors (Lipinski definition) is 1. The van der Waals surface area contributed by atoms with Crippen LogP contribution in [0.2, 0.25) is 0 Å². The predicted molar refractivity (Wildman–Crippen MR) is 157 cm³/mol. The summed E-state index contributed by atoms with van der Waals surface area (Å²) >= 11 is 0. The van der Waals surface area contributed by atoms with Gasteiger partial charge in [-0.05, 0) is 63.8 Å². The second-order valence-corrected chi connectivity index (χ2v) is 11.0. The zero-order chi connectivity index (χ0) is 31.1. The fraction of sp³-hybridized carbons (Fsp3) is 0.438. The molecule has 0 aromatic heterocycles. The third-order valence-electron chi connectivity index (χ3n) is 7.35. The normalized spacial score (nSPS) is 19.6. The molecule has 2 heterocycles. The molecule has 2 unspecified atom stereocenters. The molecular formula is C32H38N2O9. The van der Waals surface area contributed by atoms with Crippen LogP contribution in [-0.4, -0.2) is 55.7 Å². The first-order chi connectivity index (χ1) is 20.5. The maximum atomic E-state index is 13.4. The van der Waals surface area contributed by atoms with Crippen molar-refractivity contribution >= 4 is 17.6 Å². The molecule has 0 aliphatic carbocycles. The standard InChI is InChI=1S/C32H38N2O9/c1-20-27(30(35)39-5)29(23-8-6-9-24(18-23)34(37)38)28(21(2)33-20)31(36)41-17-15-22-11-13-25(14-12-22)40-16-7-10-26-19-42-32(3,4)43-26/h6,8-9,11-14,18,26,29,33H,7,10,15-17,19H2,1-5H3. The molecule has 1 fully saturated rings. The molecular weight excluding hydrogens is 556 g/mol. The maximum Gasteiger partial charge on any atom is 0.336 e. The lowest BCUT2D eigenvalue weighted by Gasteiger charge is -2.30. The van der Waals surface area contributed by atoms with Gasteiger partial charge in [0.25, 0.3) is 5.69 Å². The molecule has 230 valence electrons. The number of nitrogens with zero attached hydrogens (tertiary/aromatic N) is 1. The summed E-state index contributed by atoms with van der Waals surface area (Å²) in [6, 6.07) is 13.5. The second kappa shape index (κ2) is 13.8. The molecule has 2 aliphatic rings. The van der Waals surface area contributed by atoms with E-state index >= 15 is 0 Å². The Hall–Kier alpha value is -4.22. The van der Waals surface area contributed by atoms with Crippen molar-refractivity contribution in [2.45, 2.75) is 64.8 Å². The summed E-state index contributed by atoms with van der Waals surface area (Å²) in [5.41, 5.74) is 2.56. The van der Waals surface area contributed by atoms with E-state index in [0.29, 0.717) is 36.6 Å². The van der Waals surface area contributed by atoms with Gasteiger partial charge in [0.2, 0.25) is 0 Å². The van der Waals surface area contributed by atoms with Crippen LogP contribution >= 0.6 is 0 Å². The van der Waals surface area contributed by atoms with Gasteiger partial charge in [-0.25, -0.2) is 9.59 Å². The van der Waals surface area contributed by atoms with Crippen LogP contribution in [0.1, 0.15) is 57.6 Å². The number of hydrogen-bond acceptors (Lipinski definition) is 10. The van der Waals surface area contributed by atoms with E-state index in [2.05, 4.69) is 5.32 Å². The van der Waals surface area contributed by atoms with Crippen molar-refractivity contribution in [2.24, 2.45) is 0 Å². The molecule has 43 heavy (non-hydrogen) atoms. The van der Waals surface area contributed by atoms with Crippen molar-refractivity contribution in [1.82, 2.24) is 5.32 Å². The molecule has 0 radical (unpaired) electrons. The molecule has 0 spiro atoms. The molecule has 11 heteroatoms. The number of benzene rings is 2. The van der Waals surface area contributed by atoms with Gasteiger partial charge in [0, 0.05) is 29.9 Å². The SMILES string of the molecule is COC(=O)C1=C(C)NC(C)=C(C(=O)OCCc2ccc(OCCCC3COC(C)(C)O3)cc2)C1c1cccc([N+](=O)[O-])c1. The van der Waals surface area contributed by atoms with Gasteiger partial charge >= 0.3 is 11.9 Å². The Morgan fingerprint density at radius 1 is 1.05 bits per heavy atom. The van der Waals surface area contributed by atoms with Crippen LogP contribution in [0, 0.1) is 10.1 Å². The Balaban J connectivity index is 1.36. The lowest BCUT2D eigenvalue weighted by molar-refractivity contribution is -0.384. The molecule has 0 bridgehead atoms. The molecule has 2 aromatic rings. The van der Waals surface area contributed by atoms with E-state index in [1.807, 2.05) is 38.1 Å². The van der Waals surface area contributed by atoms with Crippen molar-refractivity contribution in [3.8, 4) is 5.75 Å². The Bertz CT molecular complexity index is 1410. The maximum absolute atomic E-state index is 13.4. The Morgan fingerprint density at radius 3 is 2.37 bits per heavy atom. The lowest BCUT2D eigenvalue weighted by atomic mass is 9.80. The number of carbonyl (C=O) groups is 2. The van der Waals surface area contributed by atoms with Gasteiger partial charge in [0.15, 0.2) is 5.79 Å². The number of methoxy groups -OCH3 is 1. The van der Waals surface area contributed by atoms with E-state index < -0.39 is 28.6 Å². The van der Waals surface area contributed by atoms with E-state index in [-0.39, 0.29) is 29.5 Å². The summed E-state index contributed by atoms with van der Waals surface area (Å²) in [4.78, 5) is 37.2. The average molecular weight is 595 g/mol. The van der Waals surface area contributed by atoms with Crippen LogP contribution in [-0.2, 0) is 35.0 Å². The molecule has 1 saturated heterocycles.